The summed E-state index contributed by atoms with van der Waals surface area (Å²) in [6.45, 7) is 3.56. The first-order valence-electron chi connectivity index (χ1n) is 10.8. The minimum Gasteiger partial charge on any atom is -0.474 e. The maximum Gasteiger partial charge on any atom is 0.433 e. The number of nitrogens with one attached hydrogen (secondary N) is 2. The van der Waals surface area contributed by atoms with Crippen LogP contribution in [0.15, 0.2) is 36.7 Å². The number of nitrogens with zero attached hydrogens (tertiary/aromatic N) is 3. The van der Waals surface area contributed by atoms with Gasteiger partial charge in [0.25, 0.3) is 0 Å². The first-order valence-corrected chi connectivity index (χ1v) is 10.8. The Morgan fingerprint density at radius 2 is 1.84 bits per heavy atom. The lowest BCUT2D eigenvalue weighted by atomic mass is 10.1. The summed E-state index contributed by atoms with van der Waals surface area (Å²) in [6.07, 6.45) is 2.99. The van der Waals surface area contributed by atoms with E-state index in [9.17, 15) is 18.0 Å². The second kappa shape index (κ2) is 9.72. The van der Waals surface area contributed by atoms with Crippen molar-refractivity contribution < 1.29 is 22.7 Å². The summed E-state index contributed by atoms with van der Waals surface area (Å²) in [5.41, 5.74) is -0.0708. The van der Waals surface area contributed by atoms with Crippen molar-refractivity contribution in [2.75, 3.05) is 25.0 Å². The third-order valence-electron chi connectivity index (χ3n) is 5.60. The maximum atomic E-state index is 12.5. The van der Waals surface area contributed by atoms with Gasteiger partial charge in [0.2, 0.25) is 5.88 Å². The van der Waals surface area contributed by atoms with Gasteiger partial charge in [-0.15, -0.1) is 0 Å². The minimum atomic E-state index is -4.52. The lowest BCUT2D eigenvalue weighted by molar-refractivity contribution is -0.141. The van der Waals surface area contributed by atoms with Gasteiger partial charge in [0.05, 0.1) is 11.9 Å². The molecule has 0 atom stereocenters. The number of carbonyl (C=O) groups excluding carboxylic acids is 1. The van der Waals surface area contributed by atoms with Crippen LogP contribution in [-0.4, -0.2) is 46.6 Å². The average Bonchev–Trinajstić information content (AvgIpc) is 3.58. The molecular weight excluding hydrogens is 423 g/mol. The quantitative estimate of drug-likeness (QED) is 0.666. The van der Waals surface area contributed by atoms with Crippen molar-refractivity contribution >= 4 is 11.7 Å². The number of hydrogen-bond acceptors (Lipinski definition) is 5. The third-order valence-corrected chi connectivity index (χ3v) is 5.60. The van der Waals surface area contributed by atoms with Crippen LogP contribution in [0, 0.1) is 5.92 Å². The van der Waals surface area contributed by atoms with Gasteiger partial charge >= 0.3 is 12.2 Å². The number of hydrogen-bond donors (Lipinski definition) is 2. The molecule has 32 heavy (non-hydrogen) atoms. The minimum absolute atomic E-state index is 0.167. The van der Waals surface area contributed by atoms with Gasteiger partial charge in [-0.3, -0.25) is 0 Å². The first-order chi connectivity index (χ1) is 15.3. The van der Waals surface area contributed by atoms with Crippen molar-refractivity contribution in [2.24, 2.45) is 5.92 Å². The van der Waals surface area contributed by atoms with Crippen LogP contribution in [0.2, 0.25) is 0 Å². The van der Waals surface area contributed by atoms with E-state index in [4.69, 9.17) is 4.74 Å². The van der Waals surface area contributed by atoms with Gasteiger partial charge in [0.1, 0.15) is 11.8 Å². The smallest absolute Gasteiger partial charge is 0.433 e. The normalized spacial score (nSPS) is 17.7. The summed E-state index contributed by atoms with van der Waals surface area (Å²) >= 11 is 0. The molecule has 1 aliphatic carbocycles. The molecule has 0 spiro atoms. The molecule has 0 radical (unpaired) electrons. The molecule has 1 saturated carbocycles. The van der Waals surface area contributed by atoms with Crippen LogP contribution in [0.5, 0.6) is 5.88 Å². The van der Waals surface area contributed by atoms with Gasteiger partial charge in [-0.25, -0.2) is 14.8 Å². The molecule has 1 saturated heterocycles. The van der Waals surface area contributed by atoms with Crippen LogP contribution in [0.1, 0.15) is 36.9 Å². The number of carbonyl (C=O) groups is 1. The Labute approximate surface area is 184 Å². The van der Waals surface area contributed by atoms with E-state index in [0.717, 1.165) is 55.7 Å². The Bertz CT molecular complexity index is 893. The summed E-state index contributed by atoms with van der Waals surface area (Å²) in [5, 5.41) is 5.08. The molecule has 0 aromatic carbocycles. The lowest BCUT2D eigenvalue weighted by Crippen LogP contribution is -2.39. The highest BCUT2D eigenvalue weighted by atomic mass is 19.4. The number of likely N-dealkylation sites (tertiary alicyclic amines) is 1. The highest BCUT2D eigenvalue weighted by Crippen LogP contribution is 2.31. The molecular formula is C22H26F3N5O2. The number of ether oxygens (including phenoxy) is 1. The molecule has 7 nitrogen and oxygen atoms in total. The highest BCUT2D eigenvalue weighted by molar-refractivity contribution is 5.88. The maximum absolute atomic E-state index is 12.5. The van der Waals surface area contributed by atoms with Gasteiger partial charge in [-0.05, 0) is 49.3 Å². The van der Waals surface area contributed by atoms with E-state index in [-0.39, 0.29) is 18.3 Å². The summed E-state index contributed by atoms with van der Waals surface area (Å²) in [7, 11) is 0. The molecule has 2 fully saturated rings. The van der Waals surface area contributed by atoms with E-state index in [0.29, 0.717) is 5.88 Å². The number of urea groups is 1. The SMILES string of the molecule is O=C(NCc1ccc(OC2CCN(CC3CC3)CC2)nc1)Nc1ccc(C(F)(F)F)nc1. The summed E-state index contributed by atoms with van der Waals surface area (Å²) in [6, 6.07) is 5.02. The molecule has 0 bridgehead atoms. The molecule has 2 aromatic rings. The molecule has 2 aromatic heterocycles. The second-order valence-corrected chi connectivity index (χ2v) is 8.30. The van der Waals surface area contributed by atoms with Crippen LogP contribution in [0.3, 0.4) is 0 Å². The largest absolute Gasteiger partial charge is 0.474 e. The topological polar surface area (TPSA) is 79.4 Å². The van der Waals surface area contributed by atoms with Crippen molar-refractivity contribution in [3.8, 4) is 5.88 Å². The van der Waals surface area contributed by atoms with Crippen LogP contribution >= 0.6 is 0 Å². The Morgan fingerprint density at radius 1 is 1.06 bits per heavy atom. The van der Waals surface area contributed by atoms with Gasteiger partial charge in [-0.2, -0.15) is 13.2 Å². The Kier molecular flexibility index (Phi) is 6.78. The van der Waals surface area contributed by atoms with E-state index in [1.54, 1.807) is 12.3 Å². The zero-order valence-corrected chi connectivity index (χ0v) is 17.6. The summed E-state index contributed by atoms with van der Waals surface area (Å²) in [4.78, 5) is 22.1. The monoisotopic (exact) mass is 449 g/mol. The van der Waals surface area contributed by atoms with E-state index in [1.165, 1.54) is 19.4 Å². The van der Waals surface area contributed by atoms with E-state index >= 15 is 0 Å². The molecule has 1 aliphatic heterocycles. The summed E-state index contributed by atoms with van der Waals surface area (Å²) < 4.78 is 43.6. The lowest BCUT2D eigenvalue weighted by Gasteiger charge is -2.31. The molecule has 2 amide bonds. The molecule has 172 valence electrons. The molecule has 10 heteroatoms. The van der Waals surface area contributed by atoms with Gasteiger partial charge in [0, 0.05) is 38.4 Å². The average molecular weight is 449 g/mol. The first kappa shape index (κ1) is 22.3. The van der Waals surface area contributed by atoms with Crippen molar-refractivity contribution in [3.05, 3.63) is 47.9 Å². The molecule has 4 rings (SSSR count). The summed E-state index contributed by atoms with van der Waals surface area (Å²) in [5.74, 6) is 1.47. The van der Waals surface area contributed by atoms with Crippen molar-refractivity contribution in [1.29, 1.82) is 0 Å². The van der Waals surface area contributed by atoms with Crippen LogP contribution in [0.4, 0.5) is 23.7 Å². The zero-order valence-electron chi connectivity index (χ0n) is 17.6. The fourth-order valence-corrected chi connectivity index (χ4v) is 3.62. The van der Waals surface area contributed by atoms with Gasteiger partial charge in [0.15, 0.2) is 0 Å². The fourth-order valence-electron chi connectivity index (χ4n) is 3.62. The number of piperidine rings is 1. The number of aromatic nitrogens is 2. The van der Waals surface area contributed by atoms with Crippen LogP contribution < -0.4 is 15.4 Å². The molecule has 2 N–H and O–H groups in total. The Hall–Kier alpha value is -2.88. The number of anilines is 1. The molecule has 2 aliphatic rings. The van der Waals surface area contributed by atoms with E-state index in [2.05, 4.69) is 25.5 Å². The van der Waals surface area contributed by atoms with E-state index in [1.807, 2.05) is 6.07 Å². The number of alkyl halides is 3. The van der Waals surface area contributed by atoms with Crippen LogP contribution in [-0.2, 0) is 12.7 Å². The predicted octanol–water partition coefficient (Wildman–Crippen LogP) is 4.07. The van der Waals surface area contributed by atoms with Gasteiger partial charge < -0.3 is 20.3 Å². The van der Waals surface area contributed by atoms with Crippen molar-refractivity contribution in [3.63, 3.8) is 0 Å². The standard InChI is InChI=1S/C22H26F3N5O2/c23-22(24,25)19-5-4-17(13-26-19)29-21(31)28-12-16-3-6-20(27-11-16)32-18-7-9-30(10-8-18)14-15-1-2-15/h3-6,11,13,15,18H,1-2,7-10,12,14H2,(H2,28,29,31). The number of pyridine rings is 2. The Morgan fingerprint density at radius 3 is 2.44 bits per heavy atom. The fraction of sp³-hybridized carbons (Fsp3) is 0.500. The van der Waals surface area contributed by atoms with Gasteiger partial charge in [-0.1, -0.05) is 6.07 Å². The molecule has 0 unspecified atom stereocenters. The Balaban J connectivity index is 1.18. The predicted molar refractivity (Wildman–Crippen MR) is 112 cm³/mol. The highest BCUT2D eigenvalue weighted by Gasteiger charge is 2.32. The van der Waals surface area contributed by atoms with Crippen molar-refractivity contribution in [2.45, 2.75) is 44.5 Å². The van der Waals surface area contributed by atoms with Crippen molar-refractivity contribution in [1.82, 2.24) is 20.2 Å². The van der Waals surface area contributed by atoms with Crippen LogP contribution in [0.25, 0.3) is 0 Å². The second-order valence-electron chi connectivity index (χ2n) is 8.30. The third kappa shape index (κ3) is 6.56. The number of amides is 2. The zero-order chi connectivity index (χ0) is 22.6. The van der Waals surface area contributed by atoms with E-state index < -0.39 is 17.9 Å². The number of halogens is 3. The number of rotatable bonds is 7. The molecule has 3 heterocycles.